The van der Waals surface area contributed by atoms with Crippen LogP contribution in [0.2, 0.25) is 0 Å². The molecule has 0 aliphatic carbocycles. The van der Waals surface area contributed by atoms with Gasteiger partial charge < -0.3 is 20.1 Å². The summed E-state index contributed by atoms with van der Waals surface area (Å²) in [4.78, 5) is 23.3. The number of hydrogen-bond acceptors (Lipinski definition) is 3. The lowest BCUT2D eigenvalue weighted by Gasteiger charge is -2.17. The molecule has 0 spiro atoms. The van der Waals surface area contributed by atoms with Crippen LogP contribution >= 0.6 is 0 Å². The van der Waals surface area contributed by atoms with Crippen molar-refractivity contribution in [3.8, 4) is 5.75 Å². The van der Waals surface area contributed by atoms with Crippen molar-refractivity contribution in [2.75, 3.05) is 13.6 Å². The lowest BCUT2D eigenvalue weighted by molar-refractivity contribution is -0.137. The monoisotopic (exact) mass is 302 g/mol. The van der Waals surface area contributed by atoms with E-state index < -0.39 is 18.6 Å². The number of halogens is 2. The number of hydrogen-bond donors (Lipinski definition) is 2. The Morgan fingerprint density at radius 2 is 1.95 bits per heavy atom. The third-order valence-electron chi connectivity index (χ3n) is 2.60. The second kappa shape index (κ2) is 8.03. The second-order valence-electron chi connectivity index (χ2n) is 4.25. The highest BCUT2D eigenvalue weighted by molar-refractivity contribution is 5.75. The van der Waals surface area contributed by atoms with Crippen LogP contribution in [-0.4, -0.2) is 42.2 Å². The summed E-state index contributed by atoms with van der Waals surface area (Å²) in [5, 5.41) is 11.1. The lowest BCUT2D eigenvalue weighted by Crippen LogP contribution is -2.37. The maximum atomic E-state index is 12.0. The fourth-order valence-electron chi connectivity index (χ4n) is 1.47. The normalized spacial score (nSPS) is 10.3. The Hall–Kier alpha value is -2.38. The van der Waals surface area contributed by atoms with E-state index in [0.717, 1.165) is 0 Å². The highest BCUT2D eigenvalue weighted by Crippen LogP contribution is 2.14. The topological polar surface area (TPSA) is 78.9 Å². The fraction of sp³-hybridized carbons (Fsp3) is 0.385. The zero-order valence-electron chi connectivity index (χ0n) is 11.4. The smallest absolute Gasteiger partial charge is 0.387 e. The van der Waals surface area contributed by atoms with Crippen molar-refractivity contribution in [2.45, 2.75) is 19.6 Å². The molecule has 2 amide bonds. The van der Waals surface area contributed by atoms with Crippen molar-refractivity contribution in [1.82, 2.24) is 10.2 Å². The summed E-state index contributed by atoms with van der Waals surface area (Å²) in [6, 6.07) is 5.44. The first-order valence-electron chi connectivity index (χ1n) is 6.13. The number of urea groups is 1. The average molecular weight is 302 g/mol. The number of aliphatic carboxylic acids is 1. The molecule has 0 radical (unpaired) electrons. The van der Waals surface area contributed by atoms with Crippen LogP contribution in [0.1, 0.15) is 12.0 Å². The lowest BCUT2D eigenvalue weighted by atomic mass is 10.2. The summed E-state index contributed by atoms with van der Waals surface area (Å²) in [6.45, 7) is -2.58. The van der Waals surface area contributed by atoms with Crippen LogP contribution < -0.4 is 10.1 Å². The molecule has 1 rings (SSSR count). The van der Waals surface area contributed by atoms with Gasteiger partial charge in [0.2, 0.25) is 0 Å². The number of rotatable bonds is 7. The van der Waals surface area contributed by atoms with Crippen LogP contribution in [0.4, 0.5) is 13.6 Å². The van der Waals surface area contributed by atoms with Gasteiger partial charge in [-0.25, -0.2) is 4.79 Å². The molecular formula is C13H16F2N2O4. The van der Waals surface area contributed by atoms with Gasteiger partial charge in [-0.2, -0.15) is 8.78 Å². The molecule has 0 heterocycles. The van der Waals surface area contributed by atoms with Crippen LogP contribution in [0.3, 0.4) is 0 Å². The Labute approximate surface area is 120 Å². The molecule has 0 saturated carbocycles. The van der Waals surface area contributed by atoms with E-state index in [1.165, 1.54) is 24.1 Å². The van der Waals surface area contributed by atoms with Crippen molar-refractivity contribution in [3.05, 3.63) is 29.8 Å². The number of carboxylic acid groups (broad SMARTS) is 1. The molecule has 2 N–H and O–H groups in total. The first kappa shape index (κ1) is 16.7. The average Bonchev–Trinajstić information content (AvgIpc) is 2.43. The SMILES string of the molecule is CN(CCC(=O)O)C(=O)NCc1ccc(OC(F)F)cc1. The highest BCUT2D eigenvalue weighted by atomic mass is 19.3. The molecule has 0 unspecified atom stereocenters. The van der Waals surface area contributed by atoms with Crippen LogP contribution in [0, 0.1) is 0 Å². The maximum Gasteiger partial charge on any atom is 0.387 e. The quantitative estimate of drug-likeness (QED) is 0.806. The Morgan fingerprint density at radius 1 is 1.33 bits per heavy atom. The molecule has 21 heavy (non-hydrogen) atoms. The summed E-state index contributed by atoms with van der Waals surface area (Å²) in [5.74, 6) is -0.942. The Balaban J connectivity index is 2.40. The number of nitrogens with one attached hydrogen (secondary N) is 1. The first-order chi connectivity index (χ1) is 9.88. The number of carbonyl (C=O) groups is 2. The molecule has 0 aliphatic heterocycles. The van der Waals surface area contributed by atoms with Crippen LogP contribution in [0.25, 0.3) is 0 Å². The van der Waals surface area contributed by atoms with E-state index in [4.69, 9.17) is 5.11 Å². The number of carboxylic acids is 1. The van der Waals surface area contributed by atoms with Crippen molar-refractivity contribution in [3.63, 3.8) is 0 Å². The van der Waals surface area contributed by atoms with Gasteiger partial charge in [0, 0.05) is 20.1 Å². The fourth-order valence-corrected chi connectivity index (χ4v) is 1.47. The largest absolute Gasteiger partial charge is 0.481 e. The summed E-state index contributed by atoms with van der Waals surface area (Å²) in [7, 11) is 1.48. The van der Waals surface area contributed by atoms with E-state index in [-0.39, 0.29) is 25.3 Å². The molecule has 0 fully saturated rings. The first-order valence-corrected chi connectivity index (χ1v) is 6.13. The van der Waals surface area contributed by atoms with Gasteiger partial charge in [-0.05, 0) is 17.7 Å². The van der Waals surface area contributed by atoms with E-state index in [2.05, 4.69) is 10.1 Å². The molecule has 0 atom stereocenters. The highest BCUT2D eigenvalue weighted by Gasteiger charge is 2.10. The molecule has 1 aromatic carbocycles. The van der Waals surface area contributed by atoms with E-state index >= 15 is 0 Å². The molecule has 0 bridgehead atoms. The van der Waals surface area contributed by atoms with Gasteiger partial charge in [0.1, 0.15) is 5.75 Å². The minimum atomic E-state index is -2.88. The van der Waals surface area contributed by atoms with Crippen molar-refractivity contribution in [1.29, 1.82) is 0 Å². The zero-order valence-corrected chi connectivity index (χ0v) is 11.4. The van der Waals surface area contributed by atoms with Gasteiger partial charge in [0.05, 0.1) is 6.42 Å². The number of carbonyl (C=O) groups excluding carboxylic acids is 1. The third-order valence-corrected chi connectivity index (χ3v) is 2.60. The predicted molar refractivity (Wildman–Crippen MR) is 70.2 cm³/mol. The van der Waals surface area contributed by atoms with Gasteiger partial charge >= 0.3 is 18.6 Å². The third kappa shape index (κ3) is 6.55. The Kier molecular flexibility index (Phi) is 6.38. The van der Waals surface area contributed by atoms with Crippen LogP contribution in [0.15, 0.2) is 24.3 Å². The molecule has 0 saturated heterocycles. The van der Waals surface area contributed by atoms with Crippen LogP contribution in [-0.2, 0) is 11.3 Å². The number of ether oxygens (including phenoxy) is 1. The van der Waals surface area contributed by atoms with Gasteiger partial charge in [-0.15, -0.1) is 0 Å². The van der Waals surface area contributed by atoms with Gasteiger partial charge in [0.15, 0.2) is 0 Å². The van der Waals surface area contributed by atoms with Gasteiger partial charge in [-0.1, -0.05) is 12.1 Å². The van der Waals surface area contributed by atoms with Crippen molar-refractivity contribution < 1.29 is 28.2 Å². The standard InChI is InChI=1S/C13H16F2N2O4/c1-17(7-6-11(18)19)13(20)16-8-9-2-4-10(5-3-9)21-12(14)15/h2-5,12H,6-8H2,1H3,(H,16,20)(H,18,19). The van der Waals surface area contributed by atoms with E-state index in [1.807, 2.05) is 0 Å². The number of amides is 2. The predicted octanol–water partition coefficient (Wildman–Crippen LogP) is 1.90. The minimum absolute atomic E-state index is 0.0404. The summed E-state index contributed by atoms with van der Waals surface area (Å²) >= 11 is 0. The van der Waals surface area contributed by atoms with Crippen molar-refractivity contribution in [2.24, 2.45) is 0 Å². The summed E-state index contributed by atoms with van der Waals surface area (Å²) in [6.07, 6.45) is -0.135. The number of alkyl halides is 2. The Morgan fingerprint density at radius 3 is 2.48 bits per heavy atom. The number of nitrogens with zero attached hydrogens (tertiary/aromatic N) is 1. The van der Waals surface area contributed by atoms with Gasteiger partial charge in [0.25, 0.3) is 0 Å². The maximum absolute atomic E-state index is 12.0. The molecular weight excluding hydrogens is 286 g/mol. The summed E-state index contributed by atoms with van der Waals surface area (Å²) in [5.41, 5.74) is 0.705. The number of benzene rings is 1. The van der Waals surface area contributed by atoms with E-state index in [0.29, 0.717) is 5.56 Å². The molecule has 0 aliphatic rings. The molecule has 6 nitrogen and oxygen atoms in total. The van der Waals surface area contributed by atoms with Gasteiger partial charge in [-0.3, -0.25) is 4.79 Å². The second-order valence-corrected chi connectivity index (χ2v) is 4.25. The molecule has 0 aromatic heterocycles. The van der Waals surface area contributed by atoms with Crippen LogP contribution in [0.5, 0.6) is 5.75 Å². The van der Waals surface area contributed by atoms with E-state index in [9.17, 15) is 18.4 Å². The van der Waals surface area contributed by atoms with Crippen molar-refractivity contribution >= 4 is 12.0 Å². The molecule has 8 heteroatoms. The van der Waals surface area contributed by atoms with E-state index in [1.54, 1.807) is 12.1 Å². The minimum Gasteiger partial charge on any atom is -0.481 e. The Bertz CT molecular complexity index is 480. The molecule has 116 valence electrons. The summed E-state index contributed by atoms with van der Waals surface area (Å²) < 4.78 is 28.1. The molecule has 1 aromatic rings. The zero-order chi connectivity index (χ0) is 15.8.